The molecule has 3 heterocycles. The van der Waals surface area contributed by atoms with Gasteiger partial charge < -0.3 is 5.32 Å². The fourth-order valence-corrected chi connectivity index (χ4v) is 3.52. The molecule has 29 heavy (non-hydrogen) atoms. The van der Waals surface area contributed by atoms with E-state index >= 15 is 0 Å². The number of nitrogens with zero attached hydrogens (tertiary/aromatic N) is 5. The highest BCUT2D eigenvalue weighted by Crippen LogP contribution is 2.33. The number of fused-ring (bicyclic) bond motifs is 1. The summed E-state index contributed by atoms with van der Waals surface area (Å²) in [6.45, 7) is 5.52. The lowest BCUT2D eigenvalue weighted by atomic mass is 10.1. The second-order valence-corrected chi connectivity index (χ2v) is 7.30. The van der Waals surface area contributed by atoms with Crippen molar-refractivity contribution in [3.63, 3.8) is 0 Å². The number of carbonyl (C=O) groups is 2. The lowest BCUT2D eigenvalue weighted by molar-refractivity contribution is -0.122. The third-order valence-electron chi connectivity index (χ3n) is 4.93. The second-order valence-electron chi connectivity index (χ2n) is 7.30. The maximum absolute atomic E-state index is 13.2. The number of anilines is 2. The normalized spacial score (nSPS) is 15.4. The van der Waals surface area contributed by atoms with Crippen LogP contribution in [0.1, 0.15) is 37.9 Å². The molecule has 1 atom stereocenters. The van der Waals surface area contributed by atoms with Crippen molar-refractivity contribution >= 4 is 23.3 Å². The highest BCUT2D eigenvalue weighted by atomic mass is 16.2. The van der Waals surface area contributed by atoms with Gasteiger partial charge in [-0.1, -0.05) is 32.0 Å². The summed E-state index contributed by atoms with van der Waals surface area (Å²) < 4.78 is 1.52. The maximum atomic E-state index is 13.2. The maximum Gasteiger partial charge on any atom is 0.252 e. The Morgan fingerprint density at radius 2 is 1.86 bits per heavy atom. The van der Waals surface area contributed by atoms with Gasteiger partial charge in [-0.15, -0.1) is 0 Å². The van der Waals surface area contributed by atoms with Crippen molar-refractivity contribution in [3.8, 4) is 5.95 Å². The summed E-state index contributed by atoms with van der Waals surface area (Å²) in [5.41, 5.74) is 2.57. The molecule has 2 aromatic heterocycles. The standard InChI is InChI=1S/C21H22N6O2/c1-13(2)16-12-19(27(25-16)21-22-9-6-10-23-21)24-20(29)18-11-15-7-4-5-8-17(15)26(18)14(3)28/h4-10,12-13,18H,11H2,1-3H3,(H,24,29)/t18-/m0/s1. The first kappa shape index (κ1) is 18.8. The predicted octanol–water partition coefficient (Wildman–Crippen LogP) is 2.70. The van der Waals surface area contributed by atoms with Crippen molar-refractivity contribution in [1.29, 1.82) is 0 Å². The van der Waals surface area contributed by atoms with E-state index in [2.05, 4.69) is 20.4 Å². The summed E-state index contributed by atoms with van der Waals surface area (Å²) in [4.78, 5) is 35.5. The van der Waals surface area contributed by atoms with Gasteiger partial charge in [-0.3, -0.25) is 14.5 Å². The van der Waals surface area contributed by atoms with E-state index in [0.717, 1.165) is 16.9 Å². The van der Waals surface area contributed by atoms with Crippen LogP contribution in [-0.4, -0.2) is 37.6 Å². The zero-order valence-corrected chi connectivity index (χ0v) is 16.5. The fraction of sp³-hybridized carbons (Fsp3) is 0.286. The molecule has 3 aromatic rings. The van der Waals surface area contributed by atoms with E-state index in [1.165, 1.54) is 11.6 Å². The van der Waals surface area contributed by atoms with Crippen LogP contribution in [0, 0.1) is 0 Å². The minimum atomic E-state index is -0.618. The Balaban J connectivity index is 1.66. The van der Waals surface area contributed by atoms with Gasteiger partial charge in [-0.05, 0) is 23.6 Å². The molecule has 0 saturated carbocycles. The van der Waals surface area contributed by atoms with Crippen LogP contribution in [0.15, 0.2) is 48.8 Å². The van der Waals surface area contributed by atoms with Crippen molar-refractivity contribution in [2.75, 3.05) is 10.2 Å². The minimum Gasteiger partial charge on any atom is -0.309 e. The van der Waals surface area contributed by atoms with Crippen LogP contribution < -0.4 is 10.2 Å². The third kappa shape index (κ3) is 3.49. The van der Waals surface area contributed by atoms with E-state index in [1.54, 1.807) is 23.4 Å². The fourth-order valence-electron chi connectivity index (χ4n) is 3.52. The monoisotopic (exact) mass is 390 g/mol. The topological polar surface area (TPSA) is 93.0 Å². The predicted molar refractivity (Wildman–Crippen MR) is 109 cm³/mol. The Bertz CT molecular complexity index is 1060. The molecule has 1 aromatic carbocycles. The van der Waals surface area contributed by atoms with Crippen molar-refractivity contribution in [2.24, 2.45) is 0 Å². The lowest BCUT2D eigenvalue weighted by Crippen LogP contribution is -2.44. The minimum absolute atomic E-state index is 0.167. The first-order valence-electron chi connectivity index (χ1n) is 9.51. The molecule has 0 bridgehead atoms. The molecule has 1 N–H and O–H groups in total. The Morgan fingerprint density at radius 3 is 2.55 bits per heavy atom. The van der Waals surface area contributed by atoms with Gasteiger partial charge in [0.05, 0.1) is 5.69 Å². The van der Waals surface area contributed by atoms with Crippen LogP contribution in [0.2, 0.25) is 0 Å². The van der Waals surface area contributed by atoms with Gasteiger partial charge in [0.15, 0.2) is 0 Å². The number of hydrogen-bond acceptors (Lipinski definition) is 5. The molecule has 0 unspecified atom stereocenters. The molecule has 0 saturated heterocycles. The van der Waals surface area contributed by atoms with Crippen LogP contribution in [0.4, 0.5) is 11.5 Å². The molecule has 8 nitrogen and oxygen atoms in total. The Kier molecular flexibility index (Phi) is 4.84. The molecule has 0 aliphatic carbocycles. The van der Waals surface area contributed by atoms with Gasteiger partial charge in [0.2, 0.25) is 11.8 Å². The number of benzene rings is 1. The summed E-state index contributed by atoms with van der Waals surface area (Å²) in [7, 11) is 0. The zero-order chi connectivity index (χ0) is 20.5. The highest BCUT2D eigenvalue weighted by Gasteiger charge is 2.37. The first-order valence-corrected chi connectivity index (χ1v) is 9.51. The quantitative estimate of drug-likeness (QED) is 0.739. The second kappa shape index (κ2) is 7.46. The largest absolute Gasteiger partial charge is 0.309 e. The molecular weight excluding hydrogens is 368 g/mol. The Morgan fingerprint density at radius 1 is 1.14 bits per heavy atom. The Labute approximate surface area is 168 Å². The summed E-state index contributed by atoms with van der Waals surface area (Å²) in [5, 5.41) is 7.48. The van der Waals surface area contributed by atoms with Crippen molar-refractivity contribution in [2.45, 2.75) is 39.2 Å². The molecule has 8 heteroatoms. The molecular formula is C21H22N6O2. The van der Waals surface area contributed by atoms with Crippen molar-refractivity contribution in [3.05, 3.63) is 60.0 Å². The molecule has 0 fully saturated rings. The summed E-state index contributed by atoms with van der Waals surface area (Å²) in [6, 6.07) is 10.5. The van der Waals surface area contributed by atoms with Crippen molar-refractivity contribution in [1.82, 2.24) is 19.7 Å². The van der Waals surface area contributed by atoms with Crippen LogP contribution in [0.25, 0.3) is 5.95 Å². The molecule has 2 amide bonds. The number of nitrogens with one attached hydrogen (secondary N) is 1. The van der Waals surface area contributed by atoms with E-state index in [0.29, 0.717) is 18.2 Å². The van der Waals surface area contributed by atoms with Gasteiger partial charge in [-0.2, -0.15) is 9.78 Å². The number of hydrogen-bond donors (Lipinski definition) is 1. The lowest BCUT2D eigenvalue weighted by Gasteiger charge is -2.23. The molecule has 1 aliphatic heterocycles. The average Bonchev–Trinajstić information content (AvgIpc) is 3.30. The SMILES string of the molecule is CC(=O)N1c2ccccc2C[C@H]1C(=O)Nc1cc(C(C)C)nn1-c1ncccn1. The molecule has 0 spiro atoms. The van der Waals surface area contributed by atoms with Gasteiger partial charge in [0.25, 0.3) is 5.95 Å². The molecule has 4 rings (SSSR count). The van der Waals surface area contributed by atoms with Gasteiger partial charge in [0.1, 0.15) is 11.9 Å². The van der Waals surface area contributed by atoms with Gasteiger partial charge in [0, 0.05) is 37.5 Å². The highest BCUT2D eigenvalue weighted by molar-refractivity contribution is 6.06. The Hall–Kier alpha value is -3.55. The van der Waals surface area contributed by atoms with E-state index in [9.17, 15) is 9.59 Å². The first-order chi connectivity index (χ1) is 14.0. The van der Waals surface area contributed by atoms with Crippen molar-refractivity contribution < 1.29 is 9.59 Å². The van der Waals surface area contributed by atoms with E-state index < -0.39 is 6.04 Å². The molecule has 148 valence electrons. The smallest absolute Gasteiger partial charge is 0.252 e. The van der Waals surface area contributed by atoms with Crippen LogP contribution in [0.3, 0.4) is 0 Å². The van der Waals surface area contributed by atoms with Gasteiger partial charge >= 0.3 is 0 Å². The average molecular weight is 390 g/mol. The summed E-state index contributed by atoms with van der Waals surface area (Å²) in [5.74, 6) is 0.568. The number of aromatic nitrogens is 4. The number of carbonyl (C=O) groups excluding carboxylic acids is 2. The van der Waals surface area contributed by atoms with E-state index in [-0.39, 0.29) is 17.7 Å². The summed E-state index contributed by atoms with van der Waals surface area (Å²) in [6.07, 6.45) is 3.71. The van der Waals surface area contributed by atoms with E-state index in [4.69, 9.17) is 0 Å². The zero-order valence-electron chi connectivity index (χ0n) is 16.5. The third-order valence-corrected chi connectivity index (χ3v) is 4.93. The van der Waals surface area contributed by atoms with Crippen LogP contribution >= 0.6 is 0 Å². The number of para-hydroxylation sites is 1. The van der Waals surface area contributed by atoms with E-state index in [1.807, 2.05) is 44.2 Å². The number of amides is 2. The van der Waals surface area contributed by atoms with Crippen LogP contribution in [-0.2, 0) is 16.0 Å². The molecule has 0 radical (unpaired) electrons. The van der Waals surface area contributed by atoms with Crippen LogP contribution in [0.5, 0.6) is 0 Å². The summed E-state index contributed by atoms with van der Waals surface area (Å²) >= 11 is 0. The van der Waals surface area contributed by atoms with Gasteiger partial charge in [-0.25, -0.2) is 9.97 Å². The number of rotatable bonds is 4. The molecule has 1 aliphatic rings.